The van der Waals surface area contributed by atoms with Crippen molar-refractivity contribution in [3.8, 4) is 22.3 Å². The van der Waals surface area contributed by atoms with Gasteiger partial charge in [0, 0.05) is 35.4 Å². The number of hydrogen-bond acceptors (Lipinski definition) is 4. The van der Waals surface area contributed by atoms with Crippen LogP contribution in [0.3, 0.4) is 0 Å². The summed E-state index contributed by atoms with van der Waals surface area (Å²) >= 11 is 6.05. The molecule has 170 valence electrons. The number of fused-ring (bicyclic) bond motifs is 1. The Kier molecular flexibility index (Phi) is 5.41. The van der Waals surface area contributed by atoms with Crippen LogP contribution in [-0.4, -0.2) is 24.1 Å². The minimum absolute atomic E-state index is 0.0300. The third kappa shape index (κ3) is 4.06. The first-order chi connectivity index (χ1) is 16.3. The number of pyridine rings is 3. The lowest BCUT2D eigenvalue weighted by molar-refractivity contribution is -0.141. The molecular weight excluding hydrogens is 467 g/mol. The molecule has 0 unspecified atom stereocenters. The number of nitrogens with zero attached hydrogens (tertiary/aromatic N) is 5. The van der Waals surface area contributed by atoms with Crippen LogP contribution in [0.1, 0.15) is 11.3 Å². The number of hydrogen-bond donors (Lipinski definition) is 0. The Balaban J connectivity index is 1.65. The Hall–Kier alpha value is -3.98. The molecule has 0 radical (unpaired) electrons. The minimum Gasteiger partial charge on any atom is -0.265 e. The van der Waals surface area contributed by atoms with Crippen LogP contribution in [0, 0.1) is 0 Å². The lowest BCUT2D eigenvalue weighted by Crippen LogP contribution is -2.21. The smallest absolute Gasteiger partial charge is 0.265 e. The number of rotatable bonds is 4. The monoisotopic (exact) mass is 481 g/mol. The number of halogens is 4. The predicted octanol–water partition coefficient (Wildman–Crippen LogP) is 5.34. The highest BCUT2D eigenvalue weighted by Gasteiger charge is 2.32. The first-order valence-corrected chi connectivity index (χ1v) is 10.5. The molecule has 6 nitrogen and oxygen atoms in total. The zero-order chi connectivity index (χ0) is 23.9. The Morgan fingerprint density at radius 1 is 0.912 bits per heavy atom. The molecule has 0 saturated carbocycles. The summed E-state index contributed by atoms with van der Waals surface area (Å²) in [6.07, 6.45) is 1.49. The molecule has 0 atom stereocenters. The molecule has 1 aromatic carbocycles. The molecule has 4 aromatic heterocycles. The molecule has 10 heteroatoms. The van der Waals surface area contributed by atoms with Crippen LogP contribution in [0.5, 0.6) is 0 Å². The van der Waals surface area contributed by atoms with Crippen LogP contribution in [0.4, 0.5) is 13.2 Å². The van der Waals surface area contributed by atoms with Gasteiger partial charge in [0.25, 0.3) is 0 Å². The zero-order valence-corrected chi connectivity index (χ0v) is 18.1. The molecule has 0 bridgehead atoms. The van der Waals surface area contributed by atoms with Gasteiger partial charge in [-0.05, 0) is 58.7 Å². The van der Waals surface area contributed by atoms with E-state index in [9.17, 15) is 18.0 Å². The molecule has 5 aromatic rings. The van der Waals surface area contributed by atoms with Gasteiger partial charge < -0.3 is 0 Å². The van der Waals surface area contributed by atoms with Crippen molar-refractivity contribution < 1.29 is 13.2 Å². The van der Waals surface area contributed by atoms with Crippen LogP contribution < -0.4 is 5.69 Å². The Bertz CT molecular complexity index is 1530. The van der Waals surface area contributed by atoms with Gasteiger partial charge in [0.05, 0.1) is 6.54 Å². The molecule has 0 spiro atoms. The van der Waals surface area contributed by atoms with Gasteiger partial charge in [-0.1, -0.05) is 29.8 Å². The Labute approximate surface area is 195 Å². The Morgan fingerprint density at radius 2 is 1.65 bits per heavy atom. The fraction of sp³-hybridized carbons (Fsp3) is 0.0833. The van der Waals surface area contributed by atoms with Crippen LogP contribution in [0.15, 0.2) is 84.2 Å². The summed E-state index contributed by atoms with van der Waals surface area (Å²) in [4.78, 5) is 20.6. The average molecular weight is 482 g/mol. The highest BCUT2D eigenvalue weighted by Crippen LogP contribution is 2.35. The molecule has 0 N–H and O–H groups in total. The van der Waals surface area contributed by atoms with E-state index in [0.717, 1.165) is 29.0 Å². The summed E-state index contributed by atoms with van der Waals surface area (Å²) in [6, 6.07) is 14.9. The van der Waals surface area contributed by atoms with Gasteiger partial charge in [-0.2, -0.15) is 13.2 Å². The normalized spacial score (nSPS) is 11.8. The maximum absolute atomic E-state index is 13.1. The molecule has 0 aliphatic rings. The van der Waals surface area contributed by atoms with Crippen LogP contribution in [0.2, 0.25) is 5.02 Å². The molecular formula is C24H15ClF3N5O. The van der Waals surface area contributed by atoms with Gasteiger partial charge in [0.1, 0.15) is 5.69 Å². The summed E-state index contributed by atoms with van der Waals surface area (Å²) in [5.41, 5.74) is 2.65. The molecule has 5 rings (SSSR count). The maximum Gasteiger partial charge on any atom is 0.433 e. The highest BCUT2D eigenvalue weighted by molar-refractivity contribution is 6.30. The van der Waals surface area contributed by atoms with E-state index in [0.29, 0.717) is 21.8 Å². The van der Waals surface area contributed by atoms with Gasteiger partial charge >= 0.3 is 11.9 Å². The molecule has 0 aliphatic carbocycles. The molecule has 0 saturated heterocycles. The minimum atomic E-state index is -4.53. The summed E-state index contributed by atoms with van der Waals surface area (Å²) in [5, 5.41) is 5.13. The van der Waals surface area contributed by atoms with Gasteiger partial charge in [-0.25, -0.2) is 13.9 Å². The van der Waals surface area contributed by atoms with E-state index >= 15 is 0 Å². The summed E-state index contributed by atoms with van der Waals surface area (Å²) in [7, 11) is 0. The molecule has 0 amide bonds. The van der Waals surface area contributed by atoms with Crippen molar-refractivity contribution in [2.24, 2.45) is 0 Å². The molecule has 34 heavy (non-hydrogen) atoms. The van der Waals surface area contributed by atoms with Crippen molar-refractivity contribution >= 4 is 17.2 Å². The van der Waals surface area contributed by atoms with E-state index in [4.69, 9.17) is 11.6 Å². The maximum atomic E-state index is 13.1. The third-order valence-electron chi connectivity index (χ3n) is 5.33. The van der Waals surface area contributed by atoms with Gasteiger partial charge in [-0.3, -0.25) is 9.97 Å². The van der Waals surface area contributed by atoms with Gasteiger partial charge in [0.2, 0.25) is 0 Å². The summed E-state index contributed by atoms with van der Waals surface area (Å²) in [6.45, 7) is -0.0300. The van der Waals surface area contributed by atoms with Gasteiger partial charge in [0.15, 0.2) is 5.65 Å². The van der Waals surface area contributed by atoms with E-state index in [1.807, 2.05) is 30.3 Å². The summed E-state index contributed by atoms with van der Waals surface area (Å²) < 4.78 is 41.0. The topological polar surface area (TPSA) is 65.1 Å². The van der Waals surface area contributed by atoms with Crippen molar-refractivity contribution in [3.63, 3.8) is 0 Å². The largest absolute Gasteiger partial charge is 0.433 e. The lowest BCUT2D eigenvalue weighted by atomic mass is 9.96. The molecule has 0 aliphatic heterocycles. The predicted molar refractivity (Wildman–Crippen MR) is 121 cm³/mol. The number of benzene rings is 1. The van der Waals surface area contributed by atoms with Gasteiger partial charge in [-0.15, -0.1) is 5.10 Å². The van der Waals surface area contributed by atoms with Crippen molar-refractivity contribution in [2.45, 2.75) is 12.7 Å². The second-order valence-electron chi connectivity index (χ2n) is 7.53. The van der Waals surface area contributed by atoms with Crippen molar-refractivity contribution in [3.05, 3.63) is 106 Å². The van der Waals surface area contributed by atoms with E-state index in [1.165, 1.54) is 15.1 Å². The first kappa shape index (κ1) is 21.8. The lowest BCUT2D eigenvalue weighted by Gasteiger charge is -2.11. The fourth-order valence-electron chi connectivity index (χ4n) is 3.71. The number of aromatic nitrogens is 5. The van der Waals surface area contributed by atoms with Crippen LogP contribution >= 0.6 is 11.6 Å². The second kappa shape index (κ2) is 8.42. The summed E-state index contributed by atoms with van der Waals surface area (Å²) in [5.74, 6) is 0. The highest BCUT2D eigenvalue weighted by atomic mass is 35.5. The first-order valence-electron chi connectivity index (χ1n) is 10.1. The average Bonchev–Trinajstić information content (AvgIpc) is 3.14. The SMILES string of the molecule is O=c1n(Cc2ccc(C(F)(F)F)nc2)nc2c(-c3ccncc3)c(-c3ccc(Cl)cc3)ccn12. The van der Waals surface area contributed by atoms with E-state index in [-0.39, 0.29) is 6.54 Å². The van der Waals surface area contributed by atoms with Crippen molar-refractivity contribution in [1.82, 2.24) is 24.1 Å². The van der Waals surface area contributed by atoms with E-state index < -0.39 is 17.6 Å². The zero-order valence-electron chi connectivity index (χ0n) is 17.4. The number of alkyl halides is 3. The fourth-order valence-corrected chi connectivity index (χ4v) is 3.84. The van der Waals surface area contributed by atoms with Crippen molar-refractivity contribution in [1.29, 1.82) is 0 Å². The van der Waals surface area contributed by atoms with Crippen molar-refractivity contribution in [2.75, 3.05) is 0 Å². The molecule has 4 heterocycles. The second-order valence-corrected chi connectivity index (χ2v) is 7.97. The Morgan fingerprint density at radius 3 is 2.29 bits per heavy atom. The van der Waals surface area contributed by atoms with Crippen LogP contribution in [0.25, 0.3) is 27.9 Å². The van der Waals surface area contributed by atoms with Crippen LogP contribution in [-0.2, 0) is 12.7 Å². The van der Waals surface area contributed by atoms with E-state index in [2.05, 4.69) is 15.1 Å². The standard InChI is InChI=1S/C24H15ClF3N5O/c25-18-4-2-16(3-5-18)19-9-12-32-22(21(19)17-7-10-29-11-8-17)31-33(23(32)34)14-15-1-6-20(30-13-15)24(26,27)28/h1-13H,14H2. The van der Waals surface area contributed by atoms with E-state index in [1.54, 1.807) is 30.7 Å². The molecule has 0 fully saturated rings. The quantitative estimate of drug-likeness (QED) is 0.347. The third-order valence-corrected chi connectivity index (χ3v) is 5.58.